The summed E-state index contributed by atoms with van der Waals surface area (Å²) in [5, 5.41) is 0. The van der Waals surface area contributed by atoms with Crippen LogP contribution in [0.2, 0.25) is 0 Å². The molecule has 8 heteroatoms. The molecule has 0 unspecified atom stereocenters. The van der Waals surface area contributed by atoms with Gasteiger partial charge < -0.3 is 4.74 Å². The van der Waals surface area contributed by atoms with Crippen LogP contribution in [0.3, 0.4) is 0 Å². The van der Waals surface area contributed by atoms with E-state index >= 15 is 0 Å². The lowest BCUT2D eigenvalue weighted by Crippen LogP contribution is -2.19. The number of ketones is 1. The Balaban J connectivity index is 2.65. The van der Waals surface area contributed by atoms with Gasteiger partial charge in [0.25, 0.3) is 0 Å². The van der Waals surface area contributed by atoms with E-state index in [4.69, 9.17) is 0 Å². The third-order valence-electron chi connectivity index (χ3n) is 2.27. The Labute approximate surface area is 110 Å². The molecular weight excluding hydrogens is 290 g/mol. The van der Waals surface area contributed by atoms with Gasteiger partial charge in [-0.1, -0.05) is 18.2 Å². The molecule has 0 saturated heterocycles. The molecule has 0 atom stereocenters. The quantitative estimate of drug-likeness (QED) is 0.469. The first-order chi connectivity index (χ1) is 9.11. The Morgan fingerprint density at radius 3 is 2.20 bits per heavy atom. The molecule has 0 aliphatic heterocycles. The predicted molar refractivity (Wildman–Crippen MR) is 57.3 cm³/mol. The minimum atomic E-state index is -4.70. The molecule has 20 heavy (non-hydrogen) atoms. The third kappa shape index (κ3) is 5.20. The largest absolute Gasteiger partial charge is 0.417 e. The summed E-state index contributed by atoms with van der Waals surface area (Å²) in [5.41, 5.74) is -1.68. The molecule has 0 radical (unpaired) electrons. The Kier molecular flexibility index (Phi) is 5.15. The highest BCUT2D eigenvalue weighted by atomic mass is 19.4. The van der Waals surface area contributed by atoms with E-state index < -0.39 is 48.9 Å². The van der Waals surface area contributed by atoms with Crippen molar-refractivity contribution < 1.29 is 35.9 Å². The van der Waals surface area contributed by atoms with Crippen LogP contribution in [0.15, 0.2) is 24.3 Å². The minimum absolute atomic E-state index is 0.552. The number of rotatable bonds is 5. The summed E-state index contributed by atoms with van der Waals surface area (Å²) in [6.07, 6.45) is -9.78. The Bertz CT molecular complexity index is 464. The average Bonchev–Trinajstić information content (AvgIpc) is 2.32. The second kappa shape index (κ2) is 6.25. The van der Waals surface area contributed by atoms with E-state index in [0.717, 1.165) is 18.2 Å². The molecule has 0 saturated carbocycles. The van der Waals surface area contributed by atoms with Crippen molar-refractivity contribution in [1.82, 2.24) is 0 Å². The lowest BCUT2D eigenvalue weighted by Gasteiger charge is -2.12. The molecular formula is C12H10F6O2. The number of halogens is 6. The molecule has 2 nitrogen and oxygen atoms in total. The molecule has 1 rings (SSSR count). The van der Waals surface area contributed by atoms with Crippen molar-refractivity contribution in [3.63, 3.8) is 0 Å². The van der Waals surface area contributed by atoms with Crippen LogP contribution in [0.25, 0.3) is 0 Å². The zero-order valence-electron chi connectivity index (χ0n) is 10.0. The number of hydrogen-bond acceptors (Lipinski definition) is 2. The van der Waals surface area contributed by atoms with E-state index in [1.807, 2.05) is 0 Å². The standard InChI is InChI=1S/C12H10F6O2/c13-11(14,15)7-20-6-5-10(19)8-3-1-2-4-9(8)12(16,17)18/h1-4H,5-7H2. The highest BCUT2D eigenvalue weighted by Gasteiger charge is 2.34. The van der Waals surface area contributed by atoms with Crippen LogP contribution < -0.4 is 0 Å². The van der Waals surface area contributed by atoms with Gasteiger partial charge in [-0.3, -0.25) is 4.79 Å². The number of carbonyl (C=O) groups excluding carboxylic acids is 1. The van der Waals surface area contributed by atoms with Crippen molar-refractivity contribution in [1.29, 1.82) is 0 Å². The van der Waals surface area contributed by atoms with Gasteiger partial charge in [0.1, 0.15) is 6.61 Å². The van der Waals surface area contributed by atoms with Gasteiger partial charge >= 0.3 is 12.4 Å². The SMILES string of the molecule is O=C(CCOCC(F)(F)F)c1ccccc1C(F)(F)F. The van der Waals surface area contributed by atoms with Crippen LogP contribution in [0, 0.1) is 0 Å². The molecule has 0 aliphatic carbocycles. The minimum Gasteiger partial charge on any atom is -0.372 e. The molecule has 112 valence electrons. The zero-order chi connectivity index (χ0) is 15.4. The smallest absolute Gasteiger partial charge is 0.372 e. The molecule has 0 fully saturated rings. The first-order valence-corrected chi connectivity index (χ1v) is 5.45. The third-order valence-corrected chi connectivity index (χ3v) is 2.27. The fourth-order valence-electron chi connectivity index (χ4n) is 1.46. The van der Waals surface area contributed by atoms with Crippen molar-refractivity contribution >= 4 is 5.78 Å². The van der Waals surface area contributed by atoms with Gasteiger partial charge in [-0.05, 0) is 6.07 Å². The van der Waals surface area contributed by atoms with Gasteiger partial charge in [-0.25, -0.2) is 0 Å². The van der Waals surface area contributed by atoms with Crippen LogP contribution >= 0.6 is 0 Å². The van der Waals surface area contributed by atoms with Gasteiger partial charge in [0, 0.05) is 12.0 Å². The maximum absolute atomic E-state index is 12.6. The van der Waals surface area contributed by atoms with Gasteiger partial charge in [-0.2, -0.15) is 26.3 Å². The van der Waals surface area contributed by atoms with Crippen molar-refractivity contribution in [2.45, 2.75) is 18.8 Å². The molecule has 0 bridgehead atoms. The first-order valence-electron chi connectivity index (χ1n) is 5.45. The highest BCUT2D eigenvalue weighted by Crippen LogP contribution is 2.32. The summed E-state index contributed by atoms with van der Waals surface area (Å²) in [6.45, 7) is -2.13. The van der Waals surface area contributed by atoms with E-state index in [9.17, 15) is 31.1 Å². The summed E-state index contributed by atoms with van der Waals surface area (Å²) in [7, 11) is 0. The van der Waals surface area contributed by atoms with Crippen molar-refractivity contribution in [2.24, 2.45) is 0 Å². The molecule has 0 aliphatic rings. The summed E-state index contributed by atoms with van der Waals surface area (Å²) in [4.78, 5) is 11.6. The summed E-state index contributed by atoms with van der Waals surface area (Å²) in [6, 6.07) is 4.09. The van der Waals surface area contributed by atoms with Gasteiger partial charge in [0.15, 0.2) is 5.78 Å². The van der Waals surface area contributed by atoms with Crippen molar-refractivity contribution in [3.8, 4) is 0 Å². The van der Waals surface area contributed by atoms with Crippen LogP contribution in [0.4, 0.5) is 26.3 Å². The van der Waals surface area contributed by atoms with Crippen molar-refractivity contribution in [3.05, 3.63) is 35.4 Å². The molecule has 0 amide bonds. The van der Waals surface area contributed by atoms with Gasteiger partial charge in [0.2, 0.25) is 0 Å². The molecule has 0 N–H and O–H groups in total. The normalized spacial score (nSPS) is 12.5. The fraction of sp³-hybridized carbons (Fsp3) is 0.417. The van der Waals surface area contributed by atoms with Gasteiger partial charge in [0.05, 0.1) is 12.2 Å². The second-order valence-electron chi connectivity index (χ2n) is 3.88. The Morgan fingerprint density at radius 2 is 1.65 bits per heavy atom. The monoisotopic (exact) mass is 300 g/mol. The maximum Gasteiger partial charge on any atom is 0.417 e. The van der Waals surface area contributed by atoms with E-state index in [-0.39, 0.29) is 0 Å². The Morgan fingerprint density at radius 1 is 1.05 bits per heavy atom. The zero-order valence-corrected chi connectivity index (χ0v) is 10.0. The number of ether oxygens (including phenoxy) is 1. The first kappa shape index (κ1) is 16.5. The van der Waals surface area contributed by atoms with E-state index in [1.54, 1.807) is 0 Å². The van der Waals surface area contributed by atoms with Crippen LogP contribution in [0.1, 0.15) is 22.3 Å². The van der Waals surface area contributed by atoms with E-state index in [2.05, 4.69) is 4.74 Å². The molecule has 0 heterocycles. The summed E-state index contributed by atoms with van der Waals surface area (Å²) in [5.74, 6) is -0.917. The predicted octanol–water partition coefficient (Wildman–Crippen LogP) is 3.86. The topological polar surface area (TPSA) is 26.3 Å². The lowest BCUT2D eigenvalue weighted by atomic mass is 10.0. The molecule has 0 aromatic heterocycles. The van der Waals surface area contributed by atoms with Crippen LogP contribution in [-0.4, -0.2) is 25.2 Å². The van der Waals surface area contributed by atoms with E-state index in [1.165, 1.54) is 6.07 Å². The Hall–Kier alpha value is -1.57. The maximum atomic E-state index is 12.6. The van der Waals surface area contributed by atoms with Crippen molar-refractivity contribution in [2.75, 3.05) is 13.2 Å². The molecule has 0 spiro atoms. The molecule has 1 aromatic rings. The summed E-state index contributed by atoms with van der Waals surface area (Å²) >= 11 is 0. The number of hydrogen-bond donors (Lipinski definition) is 0. The lowest BCUT2D eigenvalue weighted by molar-refractivity contribution is -0.173. The van der Waals surface area contributed by atoms with Gasteiger partial charge in [-0.15, -0.1) is 0 Å². The summed E-state index contributed by atoms with van der Waals surface area (Å²) < 4.78 is 77.3. The number of Topliss-reactive ketones (excluding diaryl/α,β-unsaturated/α-hetero) is 1. The number of carbonyl (C=O) groups is 1. The second-order valence-corrected chi connectivity index (χ2v) is 3.88. The molecule has 1 aromatic carbocycles. The highest BCUT2D eigenvalue weighted by molar-refractivity contribution is 5.97. The average molecular weight is 300 g/mol. The number of alkyl halides is 6. The van der Waals surface area contributed by atoms with E-state index in [0.29, 0.717) is 0 Å². The number of benzene rings is 1. The van der Waals surface area contributed by atoms with Crippen LogP contribution in [-0.2, 0) is 10.9 Å². The fourth-order valence-corrected chi connectivity index (χ4v) is 1.46. The van der Waals surface area contributed by atoms with Crippen LogP contribution in [0.5, 0.6) is 0 Å².